The van der Waals surface area contributed by atoms with Gasteiger partial charge in [0.05, 0.1) is 17.2 Å². The van der Waals surface area contributed by atoms with Gasteiger partial charge in [0, 0.05) is 30.1 Å². The van der Waals surface area contributed by atoms with Crippen LogP contribution in [-0.4, -0.2) is 29.1 Å². The van der Waals surface area contributed by atoms with Gasteiger partial charge in [-0.05, 0) is 97.2 Å². The number of allylic oxidation sites excluding steroid dienone is 10. The van der Waals surface area contributed by atoms with Crippen molar-refractivity contribution < 1.29 is 4.74 Å². The predicted octanol–water partition coefficient (Wildman–Crippen LogP) is 9.83. The molecule has 3 rings (SSSR count). The molecule has 0 atom stereocenters. The summed E-state index contributed by atoms with van der Waals surface area (Å²) in [5.74, 6) is 2.41. The number of rotatable bonds is 8. The first-order valence-electron chi connectivity index (χ1n) is 15.2. The SMILES string of the molecule is C=C(C)C.C=C/C(C#N)=C\C(=C/C)O/C(C)=C(C(=C)C)\C(C)=C(/C)CC.CC.Cc1ccc2ncnc(N3CC(N)C3)c2c1. The molecule has 1 aliphatic heterocycles. The number of nitrogens with zero attached hydrogens (tertiary/aromatic N) is 4. The summed E-state index contributed by atoms with van der Waals surface area (Å²) in [6.45, 7) is 35.2. The summed E-state index contributed by atoms with van der Waals surface area (Å²) in [4.78, 5) is 10.8. The Morgan fingerprint density at radius 1 is 1.11 bits per heavy atom. The highest BCUT2D eigenvalue weighted by Gasteiger charge is 2.25. The Morgan fingerprint density at radius 3 is 2.16 bits per heavy atom. The fourth-order valence-electron chi connectivity index (χ4n) is 4.15. The van der Waals surface area contributed by atoms with E-state index in [0.29, 0.717) is 11.3 Å². The number of anilines is 1. The third-order valence-electron chi connectivity index (χ3n) is 6.51. The van der Waals surface area contributed by atoms with Crippen molar-refractivity contribution >= 4 is 16.7 Å². The molecule has 1 aromatic carbocycles. The van der Waals surface area contributed by atoms with Gasteiger partial charge in [-0.15, -0.1) is 6.58 Å². The van der Waals surface area contributed by atoms with E-state index in [-0.39, 0.29) is 6.04 Å². The molecule has 238 valence electrons. The van der Waals surface area contributed by atoms with Gasteiger partial charge in [0.25, 0.3) is 0 Å². The van der Waals surface area contributed by atoms with Crippen molar-refractivity contribution in [2.45, 2.75) is 88.6 Å². The maximum atomic E-state index is 8.99. The third-order valence-corrected chi connectivity index (χ3v) is 6.51. The van der Waals surface area contributed by atoms with E-state index >= 15 is 0 Å². The first-order chi connectivity index (χ1) is 20.8. The van der Waals surface area contributed by atoms with Crippen molar-refractivity contribution in [3.8, 4) is 6.07 Å². The molecule has 1 fully saturated rings. The summed E-state index contributed by atoms with van der Waals surface area (Å²) >= 11 is 0. The Balaban J connectivity index is 0.000000729. The molecule has 1 aromatic heterocycles. The summed E-state index contributed by atoms with van der Waals surface area (Å²) in [6.07, 6.45) is 7.63. The summed E-state index contributed by atoms with van der Waals surface area (Å²) in [7, 11) is 0. The number of hydrogen-bond donors (Lipinski definition) is 1. The van der Waals surface area contributed by atoms with E-state index in [9.17, 15) is 0 Å². The summed E-state index contributed by atoms with van der Waals surface area (Å²) < 4.78 is 5.94. The molecule has 6 heteroatoms. The standard InChI is InChI=1S/C20H27NO.C12H14N4.C4H8.C2H6/c1-9-15(6)16(7)20(14(4)5)17(8)22-19(11-3)12-18(10-2)13-21;1-8-2-3-11-10(4-8)12(15-7-14-11)16-5-9(13)6-16;1-4(2)3;1-2/h10-12H,2,4,9H2,1,3,5-8H3;2-4,7,9H,5-6,13H2,1H3;1H2,2-3H3;1-2H3/b16-15+,18-12+,19-11+,20-17-;;;. The lowest BCUT2D eigenvalue weighted by molar-refractivity contribution is 0.318. The van der Waals surface area contributed by atoms with Crippen molar-refractivity contribution in [2.24, 2.45) is 5.73 Å². The molecular weight excluding hydrogens is 542 g/mol. The highest BCUT2D eigenvalue weighted by Crippen LogP contribution is 2.28. The number of ether oxygens (including phenoxy) is 1. The number of nitrogens with two attached hydrogens (primary N) is 1. The zero-order chi connectivity index (χ0) is 34.0. The minimum Gasteiger partial charge on any atom is -0.462 e. The second-order valence-electron chi connectivity index (χ2n) is 10.8. The van der Waals surface area contributed by atoms with Crippen molar-refractivity contribution in [1.82, 2.24) is 9.97 Å². The van der Waals surface area contributed by atoms with Gasteiger partial charge in [-0.2, -0.15) is 5.26 Å². The Hall–Kier alpha value is -4.21. The van der Waals surface area contributed by atoms with Crippen LogP contribution >= 0.6 is 0 Å². The van der Waals surface area contributed by atoms with Gasteiger partial charge in [0.1, 0.15) is 23.7 Å². The molecule has 0 radical (unpaired) electrons. The number of nitriles is 1. The van der Waals surface area contributed by atoms with Gasteiger partial charge >= 0.3 is 0 Å². The van der Waals surface area contributed by atoms with Gasteiger partial charge in [0.15, 0.2) is 0 Å². The predicted molar refractivity (Wildman–Crippen MR) is 191 cm³/mol. The highest BCUT2D eigenvalue weighted by molar-refractivity contribution is 5.90. The summed E-state index contributed by atoms with van der Waals surface area (Å²) in [5, 5.41) is 10.1. The quantitative estimate of drug-likeness (QED) is 0.141. The average molecular weight is 598 g/mol. The fourth-order valence-corrected chi connectivity index (χ4v) is 4.15. The number of aryl methyl sites for hydroxylation is 1. The smallest absolute Gasteiger partial charge is 0.139 e. The van der Waals surface area contributed by atoms with Gasteiger partial charge in [0.2, 0.25) is 0 Å². The van der Waals surface area contributed by atoms with Gasteiger partial charge in [-0.3, -0.25) is 0 Å². The maximum absolute atomic E-state index is 8.99. The molecule has 0 spiro atoms. The number of hydrogen-bond acceptors (Lipinski definition) is 6. The molecule has 0 saturated carbocycles. The normalized spacial score (nSPS) is 14.0. The van der Waals surface area contributed by atoms with Crippen LogP contribution in [0.5, 0.6) is 0 Å². The Kier molecular flexibility index (Phi) is 18.7. The zero-order valence-electron chi connectivity index (χ0n) is 29.1. The molecule has 0 aliphatic carbocycles. The second kappa shape index (κ2) is 20.7. The van der Waals surface area contributed by atoms with Crippen LogP contribution in [0.2, 0.25) is 0 Å². The Bertz CT molecular complexity index is 1440. The van der Waals surface area contributed by atoms with Crippen LogP contribution in [0, 0.1) is 18.3 Å². The Morgan fingerprint density at radius 2 is 1.70 bits per heavy atom. The first kappa shape index (κ1) is 39.8. The lowest BCUT2D eigenvalue weighted by Crippen LogP contribution is -2.56. The number of benzene rings is 1. The highest BCUT2D eigenvalue weighted by atomic mass is 16.5. The van der Waals surface area contributed by atoms with E-state index < -0.39 is 0 Å². The zero-order valence-corrected chi connectivity index (χ0v) is 29.1. The van der Waals surface area contributed by atoms with Crippen LogP contribution in [0.3, 0.4) is 0 Å². The van der Waals surface area contributed by atoms with Crippen molar-refractivity contribution in [2.75, 3.05) is 18.0 Å². The van der Waals surface area contributed by atoms with Crippen molar-refractivity contribution in [3.05, 3.63) is 113 Å². The molecule has 2 N–H and O–H groups in total. The van der Waals surface area contributed by atoms with Crippen LogP contribution in [0.25, 0.3) is 10.9 Å². The van der Waals surface area contributed by atoms with Crippen LogP contribution < -0.4 is 10.6 Å². The minimum atomic E-state index is 0.287. The largest absolute Gasteiger partial charge is 0.462 e. The molecule has 6 nitrogen and oxygen atoms in total. The number of fused-ring (bicyclic) bond motifs is 1. The third kappa shape index (κ3) is 13.0. The van der Waals surface area contributed by atoms with E-state index in [4.69, 9.17) is 15.7 Å². The van der Waals surface area contributed by atoms with E-state index in [1.54, 1.807) is 12.4 Å². The van der Waals surface area contributed by atoms with Crippen LogP contribution in [-0.2, 0) is 4.74 Å². The number of aromatic nitrogens is 2. The second-order valence-corrected chi connectivity index (χ2v) is 10.8. The molecule has 1 saturated heterocycles. The van der Waals surface area contributed by atoms with Gasteiger partial charge in [-0.1, -0.05) is 62.8 Å². The molecular formula is C38H55N5O. The molecule has 44 heavy (non-hydrogen) atoms. The van der Waals surface area contributed by atoms with Crippen molar-refractivity contribution in [1.29, 1.82) is 5.26 Å². The molecule has 1 aliphatic rings. The first-order valence-corrected chi connectivity index (χ1v) is 15.2. The van der Waals surface area contributed by atoms with Crippen LogP contribution in [0.1, 0.15) is 81.2 Å². The topological polar surface area (TPSA) is 88.1 Å². The fraction of sp³-hybridized carbons (Fsp3) is 0.395. The lowest BCUT2D eigenvalue weighted by atomic mass is 9.95. The van der Waals surface area contributed by atoms with Crippen LogP contribution in [0.4, 0.5) is 5.82 Å². The molecule has 0 unspecified atom stereocenters. The minimum absolute atomic E-state index is 0.287. The monoisotopic (exact) mass is 597 g/mol. The maximum Gasteiger partial charge on any atom is 0.139 e. The van der Waals surface area contributed by atoms with E-state index in [1.165, 1.54) is 28.4 Å². The van der Waals surface area contributed by atoms with Crippen molar-refractivity contribution in [3.63, 3.8) is 0 Å². The molecule has 0 amide bonds. The molecule has 0 bridgehead atoms. The van der Waals surface area contributed by atoms with E-state index in [1.807, 2.05) is 60.6 Å². The van der Waals surface area contributed by atoms with E-state index in [2.05, 4.69) is 80.5 Å². The average Bonchev–Trinajstić information content (AvgIpc) is 2.97. The summed E-state index contributed by atoms with van der Waals surface area (Å²) in [5.41, 5.74) is 14.2. The molecule has 2 aromatic rings. The lowest BCUT2D eigenvalue weighted by Gasteiger charge is -2.38. The van der Waals surface area contributed by atoms with Gasteiger partial charge < -0.3 is 15.4 Å². The Labute approximate surface area is 267 Å². The van der Waals surface area contributed by atoms with Gasteiger partial charge in [-0.25, -0.2) is 9.97 Å². The van der Waals surface area contributed by atoms with E-state index in [0.717, 1.165) is 53.1 Å². The summed E-state index contributed by atoms with van der Waals surface area (Å²) in [6, 6.07) is 8.60. The molecule has 2 heterocycles. The van der Waals surface area contributed by atoms with Crippen LogP contribution in [0.15, 0.2) is 107 Å².